The van der Waals surface area contributed by atoms with Gasteiger partial charge in [-0.2, -0.15) is 0 Å². The lowest BCUT2D eigenvalue weighted by Gasteiger charge is -2.16. The zero-order chi connectivity index (χ0) is 8.27. The van der Waals surface area contributed by atoms with E-state index in [0.717, 1.165) is 19.3 Å². The quantitative estimate of drug-likeness (QED) is 0.535. The van der Waals surface area contributed by atoms with Gasteiger partial charge in [0.25, 0.3) is 0 Å². The fraction of sp³-hybridized carbons (Fsp3) is 1.00. The monoisotopic (exact) mass is 158 g/mol. The molecular weight excluding hydrogens is 140 g/mol. The molecule has 1 rings (SSSR count). The number of nitrogens with one attached hydrogen (secondary N) is 1. The second-order valence-corrected chi connectivity index (χ2v) is 3.52. The maximum atomic E-state index is 8.77. The van der Waals surface area contributed by atoms with Gasteiger partial charge in [-0.05, 0) is 26.2 Å². The molecule has 0 heterocycles. The van der Waals surface area contributed by atoms with Crippen LogP contribution in [0.2, 0.25) is 0 Å². The smallest absolute Gasteiger partial charge is 0.0582 e. The third-order valence-electron chi connectivity index (χ3n) is 2.27. The maximum Gasteiger partial charge on any atom is 0.0582 e. The van der Waals surface area contributed by atoms with Crippen molar-refractivity contribution in [3.8, 4) is 0 Å². The Morgan fingerprint density at radius 2 is 2.36 bits per heavy atom. The molecule has 66 valence electrons. The SMILES string of the molecule is C[C@H](CO)NC1CCC(N)C1. The number of hydrogen-bond acceptors (Lipinski definition) is 3. The van der Waals surface area contributed by atoms with E-state index in [-0.39, 0.29) is 12.6 Å². The molecule has 3 heteroatoms. The molecule has 1 saturated carbocycles. The molecule has 3 nitrogen and oxygen atoms in total. The first-order valence-corrected chi connectivity index (χ1v) is 4.35. The van der Waals surface area contributed by atoms with Gasteiger partial charge in [-0.3, -0.25) is 0 Å². The Balaban J connectivity index is 2.17. The van der Waals surface area contributed by atoms with Crippen LogP contribution in [-0.4, -0.2) is 29.8 Å². The minimum Gasteiger partial charge on any atom is -0.395 e. The molecule has 11 heavy (non-hydrogen) atoms. The molecule has 1 aliphatic rings. The van der Waals surface area contributed by atoms with Gasteiger partial charge in [-0.1, -0.05) is 0 Å². The minimum atomic E-state index is 0.213. The van der Waals surface area contributed by atoms with Crippen molar-refractivity contribution in [2.75, 3.05) is 6.61 Å². The molecule has 0 saturated heterocycles. The number of hydrogen-bond donors (Lipinski definition) is 3. The first kappa shape index (κ1) is 8.97. The summed E-state index contributed by atoms with van der Waals surface area (Å²) in [6, 6.07) is 1.12. The summed E-state index contributed by atoms with van der Waals surface area (Å²) in [5.41, 5.74) is 5.74. The Bertz CT molecular complexity index is 119. The third-order valence-corrected chi connectivity index (χ3v) is 2.27. The zero-order valence-electron chi connectivity index (χ0n) is 7.09. The summed E-state index contributed by atoms with van der Waals surface area (Å²) in [7, 11) is 0. The predicted octanol–water partition coefficient (Wildman–Crippen LogP) is -0.163. The van der Waals surface area contributed by atoms with Gasteiger partial charge in [-0.25, -0.2) is 0 Å². The van der Waals surface area contributed by atoms with Crippen molar-refractivity contribution in [2.24, 2.45) is 5.73 Å². The number of aliphatic hydroxyl groups excluding tert-OH is 1. The number of rotatable bonds is 3. The molecule has 2 unspecified atom stereocenters. The standard InChI is InChI=1S/C8H18N2O/c1-6(5-11)10-8-3-2-7(9)4-8/h6-8,10-11H,2-5,9H2,1H3/t6-,7?,8?/m1/s1. The molecule has 3 atom stereocenters. The topological polar surface area (TPSA) is 58.3 Å². The first-order chi connectivity index (χ1) is 5.22. The maximum absolute atomic E-state index is 8.77. The molecule has 4 N–H and O–H groups in total. The normalized spacial score (nSPS) is 34.1. The van der Waals surface area contributed by atoms with Crippen molar-refractivity contribution >= 4 is 0 Å². The molecule has 0 radical (unpaired) electrons. The van der Waals surface area contributed by atoms with Crippen molar-refractivity contribution < 1.29 is 5.11 Å². The summed E-state index contributed by atoms with van der Waals surface area (Å²) < 4.78 is 0. The molecular formula is C8H18N2O. The van der Waals surface area contributed by atoms with E-state index in [1.807, 2.05) is 6.92 Å². The van der Waals surface area contributed by atoms with E-state index in [1.54, 1.807) is 0 Å². The van der Waals surface area contributed by atoms with Crippen LogP contribution in [0.5, 0.6) is 0 Å². The zero-order valence-corrected chi connectivity index (χ0v) is 7.09. The Kier molecular flexibility index (Phi) is 3.30. The van der Waals surface area contributed by atoms with Gasteiger partial charge >= 0.3 is 0 Å². The molecule has 0 aromatic carbocycles. The van der Waals surface area contributed by atoms with Crippen LogP contribution >= 0.6 is 0 Å². The second-order valence-electron chi connectivity index (χ2n) is 3.52. The van der Waals surface area contributed by atoms with Crippen molar-refractivity contribution in [3.63, 3.8) is 0 Å². The van der Waals surface area contributed by atoms with Crippen LogP contribution < -0.4 is 11.1 Å². The van der Waals surface area contributed by atoms with Crippen LogP contribution in [0.1, 0.15) is 26.2 Å². The van der Waals surface area contributed by atoms with E-state index in [2.05, 4.69) is 5.32 Å². The molecule has 0 aromatic heterocycles. The lowest BCUT2D eigenvalue weighted by atomic mass is 10.2. The summed E-state index contributed by atoms with van der Waals surface area (Å²) in [5.74, 6) is 0. The van der Waals surface area contributed by atoms with Gasteiger partial charge in [0.1, 0.15) is 0 Å². The highest BCUT2D eigenvalue weighted by Crippen LogP contribution is 2.17. The number of aliphatic hydroxyl groups is 1. The van der Waals surface area contributed by atoms with E-state index >= 15 is 0 Å². The largest absolute Gasteiger partial charge is 0.395 e. The van der Waals surface area contributed by atoms with Gasteiger partial charge < -0.3 is 16.2 Å². The fourth-order valence-corrected chi connectivity index (χ4v) is 1.62. The fourth-order valence-electron chi connectivity index (χ4n) is 1.62. The van der Waals surface area contributed by atoms with Gasteiger partial charge in [0, 0.05) is 18.1 Å². The third kappa shape index (κ3) is 2.77. The summed E-state index contributed by atoms with van der Waals surface area (Å²) in [5, 5.41) is 12.1. The van der Waals surface area contributed by atoms with Crippen molar-refractivity contribution in [3.05, 3.63) is 0 Å². The van der Waals surface area contributed by atoms with E-state index in [1.165, 1.54) is 0 Å². The van der Waals surface area contributed by atoms with Crippen LogP contribution in [0.4, 0.5) is 0 Å². The molecule has 0 spiro atoms. The highest BCUT2D eigenvalue weighted by Gasteiger charge is 2.22. The molecule has 0 amide bonds. The van der Waals surface area contributed by atoms with E-state index in [9.17, 15) is 0 Å². The predicted molar refractivity (Wildman–Crippen MR) is 45.3 cm³/mol. The molecule has 0 aliphatic heterocycles. The van der Waals surface area contributed by atoms with Crippen LogP contribution in [0.25, 0.3) is 0 Å². The minimum absolute atomic E-state index is 0.213. The summed E-state index contributed by atoms with van der Waals surface area (Å²) in [4.78, 5) is 0. The average molecular weight is 158 g/mol. The lowest BCUT2D eigenvalue weighted by molar-refractivity contribution is 0.240. The van der Waals surface area contributed by atoms with Crippen molar-refractivity contribution in [1.29, 1.82) is 0 Å². The van der Waals surface area contributed by atoms with E-state index in [0.29, 0.717) is 12.1 Å². The Labute approximate surface area is 68.0 Å². The molecule has 1 fully saturated rings. The molecule has 0 aromatic rings. The summed E-state index contributed by atoms with van der Waals surface area (Å²) >= 11 is 0. The lowest BCUT2D eigenvalue weighted by Crippen LogP contribution is -2.37. The highest BCUT2D eigenvalue weighted by atomic mass is 16.3. The first-order valence-electron chi connectivity index (χ1n) is 4.35. The van der Waals surface area contributed by atoms with Crippen molar-refractivity contribution in [2.45, 2.75) is 44.3 Å². The molecule has 0 bridgehead atoms. The van der Waals surface area contributed by atoms with Gasteiger partial charge in [-0.15, -0.1) is 0 Å². The van der Waals surface area contributed by atoms with Gasteiger partial charge in [0.05, 0.1) is 6.61 Å². The summed E-state index contributed by atoms with van der Waals surface area (Å²) in [6.07, 6.45) is 3.34. The average Bonchev–Trinajstić information content (AvgIpc) is 2.35. The summed E-state index contributed by atoms with van der Waals surface area (Å²) in [6.45, 7) is 2.20. The Morgan fingerprint density at radius 3 is 2.82 bits per heavy atom. The van der Waals surface area contributed by atoms with Crippen LogP contribution in [0.15, 0.2) is 0 Å². The Hall–Kier alpha value is -0.120. The van der Waals surface area contributed by atoms with Crippen LogP contribution in [-0.2, 0) is 0 Å². The Morgan fingerprint density at radius 1 is 1.64 bits per heavy atom. The van der Waals surface area contributed by atoms with E-state index < -0.39 is 0 Å². The molecule has 1 aliphatic carbocycles. The van der Waals surface area contributed by atoms with E-state index in [4.69, 9.17) is 10.8 Å². The van der Waals surface area contributed by atoms with Gasteiger partial charge in [0.2, 0.25) is 0 Å². The highest BCUT2D eigenvalue weighted by molar-refractivity contribution is 4.83. The van der Waals surface area contributed by atoms with Crippen molar-refractivity contribution in [1.82, 2.24) is 5.32 Å². The van der Waals surface area contributed by atoms with Gasteiger partial charge in [0.15, 0.2) is 0 Å². The second kappa shape index (κ2) is 4.04. The van der Waals surface area contributed by atoms with Crippen LogP contribution in [0.3, 0.4) is 0 Å². The number of nitrogens with two attached hydrogens (primary N) is 1. The van der Waals surface area contributed by atoms with Crippen LogP contribution in [0, 0.1) is 0 Å².